The Hall–Kier alpha value is -2.49. The van der Waals surface area contributed by atoms with E-state index in [1.165, 1.54) is 35.3 Å². The maximum atomic E-state index is 13.5. The Morgan fingerprint density at radius 3 is 2.90 bits per heavy atom. The minimum absolute atomic E-state index is 0.00647. The van der Waals surface area contributed by atoms with Gasteiger partial charge in [-0.05, 0) is 48.8 Å². The fourth-order valence-electron chi connectivity index (χ4n) is 4.11. The highest BCUT2D eigenvalue weighted by Gasteiger charge is 2.18. The molecule has 0 radical (unpaired) electrons. The molecule has 1 aliphatic rings. The van der Waals surface area contributed by atoms with Gasteiger partial charge >= 0.3 is 0 Å². The summed E-state index contributed by atoms with van der Waals surface area (Å²) in [5.41, 5.74) is 4.92. The Morgan fingerprint density at radius 2 is 2.10 bits per heavy atom. The molecule has 29 heavy (non-hydrogen) atoms. The van der Waals surface area contributed by atoms with Gasteiger partial charge in [-0.25, -0.2) is 4.98 Å². The van der Waals surface area contributed by atoms with Crippen LogP contribution in [0.1, 0.15) is 42.6 Å². The molecule has 6 heteroatoms. The molecule has 1 aliphatic carbocycles. The minimum Gasteiger partial charge on any atom is -0.384 e. The normalized spacial score (nSPS) is 13.4. The van der Waals surface area contributed by atoms with Gasteiger partial charge in [0.05, 0.1) is 18.1 Å². The number of ether oxygens (including phenoxy) is 1. The molecule has 1 aromatic carbocycles. The van der Waals surface area contributed by atoms with Gasteiger partial charge in [0.25, 0.3) is 5.56 Å². The SMILES string of the molecule is COCCc1nc2scc(-c3ccc4c(c3)CCCC4)c2c(=O)n1CCCC#N. The quantitative estimate of drug-likeness (QED) is 0.541. The van der Waals surface area contributed by atoms with E-state index in [0.29, 0.717) is 37.8 Å². The first-order valence-corrected chi connectivity index (χ1v) is 11.1. The van der Waals surface area contributed by atoms with E-state index < -0.39 is 0 Å². The van der Waals surface area contributed by atoms with Crippen molar-refractivity contribution in [1.29, 1.82) is 5.26 Å². The molecular formula is C23H25N3O2S. The van der Waals surface area contributed by atoms with Gasteiger partial charge in [-0.1, -0.05) is 18.2 Å². The van der Waals surface area contributed by atoms with Crippen LogP contribution in [0.5, 0.6) is 0 Å². The van der Waals surface area contributed by atoms with Crippen molar-refractivity contribution in [3.05, 3.63) is 50.9 Å². The lowest BCUT2D eigenvalue weighted by Crippen LogP contribution is -2.26. The molecule has 2 aromatic heterocycles. The summed E-state index contributed by atoms with van der Waals surface area (Å²) < 4.78 is 6.94. The summed E-state index contributed by atoms with van der Waals surface area (Å²) in [6.07, 6.45) is 6.41. The molecule has 0 fully saturated rings. The number of thiophene rings is 1. The van der Waals surface area contributed by atoms with Gasteiger partial charge in [-0.2, -0.15) is 5.26 Å². The molecule has 0 amide bonds. The topological polar surface area (TPSA) is 67.9 Å². The monoisotopic (exact) mass is 407 g/mol. The predicted octanol–water partition coefficient (Wildman–Crippen LogP) is 4.50. The molecule has 0 spiro atoms. The Kier molecular flexibility index (Phi) is 6.08. The van der Waals surface area contributed by atoms with Crippen LogP contribution in [-0.4, -0.2) is 23.3 Å². The second kappa shape index (κ2) is 8.89. The van der Waals surface area contributed by atoms with Crippen molar-refractivity contribution in [2.75, 3.05) is 13.7 Å². The molecule has 2 heterocycles. The first kappa shape index (κ1) is 19.8. The van der Waals surface area contributed by atoms with Gasteiger partial charge in [0, 0.05) is 37.4 Å². The number of fused-ring (bicyclic) bond motifs is 2. The lowest BCUT2D eigenvalue weighted by atomic mass is 9.89. The molecule has 0 bridgehead atoms. The van der Waals surface area contributed by atoms with E-state index in [1.807, 2.05) is 0 Å². The summed E-state index contributed by atoms with van der Waals surface area (Å²) in [6, 6.07) is 8.78. The van der Waals surface area contributed by atoms with Crippen LogP contribution in [0.3, 0.4) is 0 Å². The number of aryl methyl sites for hydroxylation is 2. The van der Waals surface area contributed by atoms with Gasteiger partial charge < -0.3 is 4.74 Å². The standard InChI is InChI=1S/C23H25N3O2S/c1-28-13-10-20-25-22-21(23(27)26(20)12-5-4-11-24)19(15-29-22)18-9-8-16-6-2-3-7-17(16)14-18/h8-9,14-15H,2-7,10,12-13H2,1H3. The first-order chi connectivity index (χ1) is 14.2. The molecular weight excluding hydrogens is 382 g/mol. The van der Waals surface area contributed by atoms with E-state index >= 15 is 0 Å². The fraction of sp³-hybridized carbons (Fsp3) is 0.435. The van der Waals surface area contributed by atoms with Crippen LogP contribution < -0.4 is 5.56 Å². The van der Waals surface area contributed by atoms with Crippen LogP contribution in [0.15, 0.2) is 28.4 Å². The fourth-order valence-corrected chi connectivity index (χ4v) is 5.07. The molecule has 150 valence electrons. The lowest BCUT2D eigenvalue weighted by molar-refractivity contribution is 0.199. The highest BCUT2D eigenvalue weighted by molar-refractivity contribution is 7.17. The first-order valence-electron chi connectivity index (χ1n) is 10.2. The maximum Gasteiger partial charge on any atom is 0.262 e. The zero-order valence-corrected chi connectivity index (χ0v) is 17.6. The Labute approximate surface area is 174 Å². The number of rotatable bonds is 7. The van der Waals surface area contributed by atoms with Gasteiger partial charge in [-0.15, -0.1) is 11.3 Å². The highest BCUT2D eigenvalue weighted by Crippen LogP contribution is 2.33. The summed E-state index contributed by atoms with van der Waals surface area (Å²) in [4.78, 5) is 19.0. The minimum atomic E-state index is -0.00647. The molecule has 0 aliphatic heterocycles. The Morgan fingerprint density at radius 1 is 1.28 bits per heavy atom. The van der Waals surface area contributed by atoms with Crippen molar-refractivity contribution in [3.63, 3.8) is 0 Å². The number of hydrogen-bond donors (Lipinski definition) is 0. The maximum absolute atomic E-state index is 13.5. The Balaban J connectivity index is 1.81. The van der Waals surface area contributed by atoms with Crippen LogP contribution in [-0.2, 0) is 30.5 Å². The van der Waals surface area contributed by atoms with Crippen molar-refractivity contribution in [1.82, 2.24) is 9.55 Å². The van der Waals surface area contributed by atoms with Crippen molar-refractivity contribution in [2.45, 2.75) is 51.5 Å². The average Bonchev–Trinajstić information content (AvgIpc) is 3.18. The van der Waals surface area contributed by atoms with E-state index in [1.54, 1.807) is 11.7 Å². The van der Waals surface area contributed by atoms with E-state index in [4.69, 9.17) is 15.0 Å². The number of aromatic nitrogens is 2. The number of methoxy groups -OCH3 is 1. The molecule has 4 rings (SSSR count). The third-order valence-electron chi connectivity index (χ3n) is 5.63. The van der Waals surface area contributed by atoms with Crippen molar-refractivity contribution >= 4 is 21.6 Å². The zero-order valence-electron chi connectivity index (χ0n) is 16.7. The summed E-state index contributed by atoms with van der Waals surface area (Å²) in [5, 5.41) is 11.6. The average molecular weight is 408 g/mol. The number of benzene rings is 1. The molecule has 0 saturated carbocycles. The van der Waals surface area contributed by atoms with Crippen LogP contribution in [0.25, 0.3) is 21.3 Å². The van der Waals surface area contributed by atoms with Gasteiger partial charge in [-0.3, -0.25) is 9.36 Å². The zero-order chi connectivity index (χ0) is 20.2. The molecule has 0 saturated heterocycles. The predicted molar refractivity (Wildman–Crippen MR) is 116 cm³/mol. The Bertz CT molecular complexity index is 1120. The van der Waals surface area contributed by atoms with Gasteiger partial charge in [0.15, 0.2) is 0 Å². The van der Waals surface area contributed by atoms with Crippen molar-refractivity contribution in [3.8, 4) is 17.2 Å². The van der Waals surface area contributed by atoms with Gasteiger partial charge in [0.2, 0.25) is 0 Å². The van der Waals surface area contributed by atoms with Crippen LogP contribution >= 0.6 is 11.3 Å². The molecule has 3 aromatic rings. The van der Waals surface area contributed by atoms with E-state index in [0.717, 1.165) is 34.6 Å². The van der Waals surface area contributed by atoms with Crippen LogP contribution in [0.4, 0.5) is 0 Å². The van der Waals surface area contributed by atoms with Crippen molar-refractivity contribution in [2.24, 2.45) is 0 Å². The number of unbranched alkanes of at least 4 members (excludes halogenated alkanes) is 1. The largest absolute Gasteiger partial charge is 0.384 e. The van der Waals surface area contributed by atoms with Crippen molar-refractivity contribution < 1.29 is 4.74 Å². The number of hydrogen-bond acceptors (Lipinski definition) is 5. The lowest BCUT2D eigenvalue weighted by Gasteiger charge is -2.16. The summed E-state index contributed by atoms with van der Waals surface area (Å²) in [7, 11) is 1.65. The highest BCUT2D eigenvalue weighted by atomic mass is 32.1. The number of nitrogens with zero attached hydrogens (tertiary/aromatic N) is 3. The summed E-state index contributed by atoms with van der Waals surface area (Å²) in [6.45, 7) is 1.02. The summed E-state index contributed by atoms with van der Waals surface area (Å²) >= 11 is 1.53. The van der Waals surface area contributed by atoms with Gasteiger partial charge in [0.1, 0.15) is 10.7 Å². The van der Waals surface area contributed by atoms with E-state index in [9.17, 15) is 4.79 Å². The molecule has 5 nitrogen and oxygen atoms in total. The second-order valence-corrected chi connectivity index (χ2v) is 8.37. The van der Waals surface area contributed by atoms with E-state index in [-0.39, 0.29) is 5.56 Å². The molecule has 0 N–H and O–H groups in total. The smallest absolute Gasteiger partial charge is 0.262 e. The van der Waals surface area contributed by atoms with Crippen LogP contribution in [0.2, 0.25) is 0 Å². The molecule has 0 unspecified atom stereocenters. The third-order valence-corrected chi connectivity index (χ3v) is 6.50. The molecule has 0 atom stereocenters. The third kappa shape index (κ3) is 3.98. The van der Waals surface area contributed by atoms with Crippen LogP contribution in [0, 0.1) is 11.3 Å². The number of nitriles is 1. The second-order valence-electron chi connectivity index (χ2n) is 7.51. The summed E-state index contributed by atoms with van der Waals surface area (Å²) in [5.74, 6) is 0.737. The van der Waals surface area contributed by atoms with E-state index in [2.05, 4.69) is 29.6 Å².